The van der Waals surface area contributed by atoms with Crippen molar-refractivity contribution in [3.05, 3.63) is 35.9 Å². The summed E-state index contributed by atoms with van der Waals surface area (Å²) in [6.07, 6.45) is 1.31. The van der Waals surface area contributed by atoms with Gasteiger partial charge in [0.15, 0.2) is 0 Å². The van der Waals surface area contributed by atoms with Crippen LogP contribution in [0.2, 0.25) is 0 Å². The zero-order valence-corrected chi connectivity index (χ0v) is 12.0. The SMILES string of the molecule is COCCC(N)C(=O)NCCCOCc1ccccc1. The van der Waals surface area contributed by atoms with Crippen LogP contribution >= 0.6 is 0 Å². The number of carbonyl (C=O) groups is 1. The highest BCUT2D eigenvalue weighted by molar-refractivity contribution is 5.81. The van der Waals surface area contributed by atoms with Crippen molar-refractivity contribution in [2.75, 3.05) is 26.9 Å². The minimum Gasteiger partial charge on any atom is -0.385 e. The summed E-state index contributed by atoms with van der Waals surface area (Å²) in [4.78, 5) is 11.6. The molecular formula is C15H24N2O3. The van der Waals surface area contributed by atoms with E-state index in [4.69, 9.17) is 15.2 Å². The summed E-state index contributed by atoms with van der Waals surface area (Å²) in [5, 5.41) is 2.79. The summed E-state index contributed by atoms with van der Waals surface area (Å²) in [5.74, 6) is -0.134. The lowest BCUT2D eigenvalue weighted by Crippen LogP contribution is -2.41. The molecule has 0 aliphatic carbocycles. The zero-order chi connectivity index (χ0) is 14.6. The first-order valence-corrected chi connectivity index (χ1v) is 6.88. The van der Waals surface area contributed by atoms with E-state index in [2.05, 4.69) is 5.32 Å². The Bertz CT molecular complexity index is 371. The van der Waals surface area contributed by atoms with E-state index < -0.39 is 6.04 Å². The summed E-state index contributed by atoms with van der Waals surface area (Å²) < 4.78 is 10.4. The van der Waals surface area contributed by atoms with Crippen molar-refractivity contribution in [2.24, 2.45) is 5.73 Å². The van der Waals surface area contributed by atoms with Crippen LogP contribution in [0.25, 0.3) is 0 Å². The van der Waals surface area contributed by atoms with Crippen molar-refractivity contribution in [1.29, 1.82) is 0 Å². The van der Waals surface area contributed by atoms with Crippen LogP contribution in [0.15, 0.2) is 30.3 Å². The maximum atomic E-state index is 11.6. The molecule has 0 fully saturated rings. The van der Waals surface area contributed by atoms with Crippen LogP contribution in [-0.4, -0.2) is 38.8 Å². The van der Waals surface area contributed by atoms with Crippen molar-refractivity contribution in [3.8, 4) is 0 Å². The molecular weight excluding hydrogens is 256 g/mol. The van der Waals surface area contributed by atoms with Gasteiger partial charge in [0.05, 0.1) is 12.6 Å². The zero-order valence-electron chi connectivity index (χ0n) is 12.0. The van der Waals surface area contributed by atoms with E-state index >= 15 is 0 Å². The number of methoxy groups -OCH3 is 1. The molecule has 0 heterocycles. The Balaban J connectivity index is 2.00. The molecule has 0 aliphatic heterocycles. The standard InChI is InChI=1S/C15H24N2O3/c1-19-11-8-14(16)15(18)17-9-5-10-20-12-13-6-3-2-4-7-13/h2-4,6-7,14H,5,8-12,16H2,1H3,(H,17,18). The summed E-state index contributed by atoms with van der Waals surface area (Å²) in [7, 11) is 1.59. The highest BCUT2D eigenvalue weighted by Crippen LogP contribution is 2.00. The molecule has 1 amide bonds. The largest absolute Gasteiger partial charge is 0.385 e. The Morgan fingerprint density at radius 3 is 2.75 bits per heavy atom. The molecule has 0 aliphatic rings. The van der Waals surface area contributed by atoms with Gasteiger partial charge in [0, 0.05) is 26.9 Å². The molecule has 1 unspecified atom stereocenters. The molecule has 112 valence electrons. The first-order chi connectivity index (χ1) is 9.74. The van der Waals surface area contributed by atoms with Gasteiger partial charge in [-0.1, -0.05) is 30.3 Å². The van der Waals surface area contributed by atoms with E-state index in [-0.39, 0.29) is 5.91 Å². The normalized spacial score (nSPS) is 12.1. The second-order valence-corrected chi connectivity index (χ2v) is 4.57. The molecule has 1 aromatic rings. The topological polar surface area (TPSA) is 73.6 Å². The number of hydrogen-bond donors (Lipinski definition) is 2. The van der Waals surface area contributed by atoms with E-state index in [0.29, 0.717) is 32.8 Å². The molecule has 0 radical (unpaired) electrons. The number of nitrogens with one attached hydrogen (secondary N) is 1. The predicted octanol–water partition coefficient (Wildman–Crippen LogP) is 1.07. The van der Waals surface area contributed by atoms with Gasteiger partial charge in [-0.3, -0.25) is 4.79 Å². The summed E-state index contributed by atoms with van der Waals surface area (Å²) in [6, 6.07) is 9.50. The van der Waals surface area contributed by atoms with Crippen molar-refractivity contribution in [1.82, 2.24) is 5.32 Å². The highest BCUT2D eigenvalue weighted by atomic mass is 16.5. The van der Waals surface area contributed by atoms with Crippen LogP contribution in [0, 0.1) is 0 Å². The molecule has 5 heteroatoms. The van der Waals surface area contributed by atoms with E-state index in [1.807, 2.05) is 30.3 Å². The third kappa shape index (κ3) is 7.23. The molecule has 0 spiro atoms. The minimum absolute atomic E-state index is 0.134. The molecule has 1 rings (SSSR count). The molecule has 0 saturated heterocycles. The molecule has 0 saturated carbocycles. The van der Waals surface area contributed by atoms with Gasteiger partial charge in [0.2, 0.25) is 5.91 Å². The number of benzene rings is 1. The lowest BCUT2D eigenvalue weighted by molar-refractivity contribution is -0.122. The molecule has 0 bridgehead atoms. The average Bonchev–Trinajstić information content (AvgIpc) is 2.49. The van der Waals surface area contributed by atoms with Crippen LogP contribution in [0.1, 0.15) is 18.4 Å². The number of hydrogen-bond acceptors (Lipinski definition) is 4. The van der Waals surface area contributed by atoms with E-state index in [0.717, 1.165) is 12.0 Å². The second-order valence-electron chi connectivity index (χ2n) is 4.57. The monoisotopic (exact) mass is 280 g/mol. The molecule has 20 heavy (non-hydrogen) atoms. The third-order valence-electron chi connectivity index (χ3n) is 2.85. The Morgan fingerprint density at radius 2 is 2.05 bits per heavy atom. The first-order valence-electron chi connectivity index (χ1n) is 6.88. The fourth-order valence-corrected chi connectivity index (χ4v) is 1.66. The number of rotatable bonds is 10. The Hall–Kier alpha value is -1.43. The minimum atomic E-state index is -0.500. The quantitative estimate of drug-likeness (QED) is 0.629. The van der Waals surface area contributed by atoms with Crippen LogP contribution in [0.5, 0.6) is 0 Å². The number of nitrogens with two attached hydrogens (primary N) is 1. The van der Waals surface area contributed by atoms with Gasteiger partial charge in [0.1, 0.15) is 0 Å². The number of ether oxygens (including phenoxy) is 2. The Morgan fingerprint density at radius 1 is 1.30 bits per heavy atom. The maximum Gasteiger partial charge on any atom is 0.237 e. The first kappa shape index (κ1) is 16.6. The van der Waals surface area contributed by atoms with Gasteiger partial charge in [0.25, 0.3) is 0 Å². The van der Waals surface area contributed by atoms with E-state index in [9.17, 15) is 4.79 Å². The van der Waals surface area contributed by atoms with Gasteiger partial charge in [-0.15, -0.1) is 0 Å². The third-order valence-corrected chi connectivity index (χ3v) is 2.85. The van der Waals surface area contributed by atoms with Gasteiger partial charge in [-0.25, -0.2) is 0 Å². The fourth-order valence-electron chi connectivity index (χ4n) is 1.66. The fraction of sp³-hybridized carbons (Fsp3) is 0.533. The summed E-state index contributed by atoms with van der Waals surface area (Å²) >= 11 is 0. The van der Waals surface area contributed by atoms with Gasteiger partial charge in [-0.05, 0) is 18.4 Å². The van der Waals surface area contributed by atoms with Crippen LogP contribution < -0.4 is 11.1 Å². The lowest BCUT2D eigenvalue weighted by Gasteiger charge is -2.11. The van der Waals surface area contributed by atoms with Gasteiger partial charge >= 0.3 is 0 Å². The lowest BCUT2D eigenvalue weighted by atomic mass is 10.2. The maximum absolute atomic E-state index is 11.6. The molecule has 5 nitrogen and oxygen atoms in total. The number of amides is 1. The van der Waals surface area contributed by atoms with Crippen LogP contribution in [0.3, 0.4) is 0 Å². The van der Waals surface area contributed by atoms with Gasteiger partial charge < -0.3 is 20.5 Å². The van der Waals surface area contributed by atoms with Crippen LogP contribution in [0.4, 0.5) is 0 Å². The smallest absolute Gasteiger partial charge is 0.237 e. The number of carbonyl (C=O) groups excluding carboxylic acids is 1. The van der Waals surface area contributed by atoms with Crippen molar-refractivity contribution >= 4 is 5.91 Å². The van der Waals surface area contributed by atoms with E-state index in [1.54, 1.807) is 7.11 Å². The van der Waals surface area contributed by atoms with Crippen molar-refractivity contribution < 1.29 is 14.3 Å². The van der Waals surface area contributed by atoms with Crippen molar-refractivity contribution in [3.63, 3.8) is 0 Å². The summed E-state index contributed by atoms with van der Waals surface area (Å²) in [5.41, 5.74) is 6.85. The van der Waals surface area contributed by atoms with E-state index in [1.165, 1.54) is 0 Å². The van der Waals surface area contributed by atoms with Crippen molar-refractivity contribution in [2.45, 2.75) is 25.5 Å². The molecule has 1 atom stereocenters. The summed E-state index contributed by atoms with van der Waals surface area (Å²) in [6.45, 7) is 2.29. The second kappa shape index (κ2) is 10.4. The molecule has 3 N–H and O–H groups in total. The van der Waals surface area contributed by atoms with Gasteiger partial charge in [-0.2, -0.15) is 0 Å². The Kier molecular flexibility index (Phi) is 8.62. The Labute approximate surface area is 120 Å². The highest BCUT2D eigenvalue weighted by Gasteiger charge is 2.11. The molecule has 1 aromatic carbocycles. The molecule has 0 aromatic heterocycles. The average molecular weight is 280 g/mol. The van der Waals surface area contributed by atoms with Crippen LogP contribution in [-0.2, 0) is 20.9 Å². The predicted molar refractivity (Wildman–Crippen MR) is 78.2 cm³/mol.